The van der Waals surface area contributed by atoms with Crippen LogP contribution in [0.25, 0.3) is 5.82 Å². The van der Waals surface area contributed by atoms with Gasteiger partial charge in [-0.25, -0.2) is 4.63 Å². The van der Waals surface area contributed by atoms with Gasteiger partial charge in [0.2, 0.25) is 11.6 Å². The van der Waals surface area contributed by atoms with Crippen LogP contribution in [-0.4, -0.2) is 41.8 Å². The first-order chi connectivity index (χ1) is 12.0. The smallest absolute Gasteiger partial charge is 0.243 e. The molecule has 0 aliphatic carbocycles. The van der Waals surface area contributed by atoms with E-state index in [9.17, 15) is 5.11 Å². The summed E-state index contributed by atoms with van der Waals surface area (Å²) >= 11 is 0. The molecule has 0 aliphatic heterocycles. The molecule has 0 amide bonds. The summed E-state index contributed by atoms with van der Waals surface area (Å²) in [5.41, 5.74) is 9.06. The molecule has 2 aromatic heterocycles. The molecule has 128 valence electrons. The van der Waals surface area contributed by atoms with Gasteiger partial charge in [0.25, 0.3) is 0 Å². The number of aromatic hydroxyl groups is 1. The number of nitrogen functional groups attached to an aromatic ring is 1. The van der Waals surface area contributed by atoms with E-state index in [4.69, 9.17) is 5.73 Å². The molecule has 0 bridgehead atoms. The lowest BCUT2D eigenvalue weighted by Crippen LogP contribution is -2.04. The highest BCUT2D eigenvalue weighted by Gasteiger charge is 2.17. The van der Waals surface area contributed by atoms with Crippen LogP contribution in [0.4, 0.5) is 5.82 Å². The highest BCUT2D eigenvalue weighted by molar-refractivity contribution is 6.01. The molecule has 3 N–H and O–H groups in total. The summed E-state index contributed by atoms with van der Waals surface area (Å²) in [5, 5.41) is 33.1. The average Bonchev–Trinajstić information content (AvgIpc) is 3.18. The van der Waals surface area contributed by atoms with Crippen molar-refractivity contribution >= 4 is 17.2 Å². The molecule has 10 nitrogen and oxygen atoms in total. The van der Waals surface area contributed by atoms with Gasteiger partial charge in [-0.1, -0.05) is 5.21 Å². The lowest BCUT2D eigenvalue weighted by molar-refractivity contribution is 0.306. The van der Waals surface area contributed by atoms with Crippen molar-refractivity contribution < 1.29 is 9.74 Å². The number of aromatic nitrogens is 5. The van der Waals surface area contributed by atoms with Gasteiger partial charge >= 0.3 is 0 Å². The number of nitrogens with two attached hydrogens (primary N) is 1. The molecule has 0 saturated carbocycles. The van der Waals surface area contributed by atoms with Gasteiger partial charge in [0.15, 0.2) is 0 Å². The molecule has 0 spiro atoms. The number of anilines is 1. The van der Waals surface area contributed by atoms with Gasteiger partial charge in [-0.05, 0) is 60.9 Å². The molecule has 0 saturated heterocycles. The van der Waals surface area contributed by atoms with Gasteiger partial charge in [0, 0.05) is 0 Å². The Kier molecular flexibility index (Phi) is 4.25. The van der Waals surface area contributed by atoms with Gasteiger partial charge in [0.05, 0.1) is 17.1 Å². The van der Waals surface area contributed by atoms with Gasteiger partial charge in [-0.2, -0.15) is 14.9 Å². The number of benzene rings is 1. The van der Waals surface area contributed by atoms with E-state index in [0.717, 1.165) is 5.56 Å². The largest absolute Gasteiger partial charge is 0.508 e. The second-order valence-electron chi connectivity index (χ2n) is 5.33. The van der Waals surface area contributed by atoms with Crippen molar-refractivity contribution in [1.82, 2.24) is 25.3 Å². The summed E-state index contributed by atoms with van der Waals surface area (Å²) in [5.74, 6) is 0.591. The first kappa shape index (κ1) is 16.3. The maximum absolute atomic E-state index is 9.33. The summed E-state index contributed by atoms with van der Waals surface area (Å²) in [6, 6.07) is 6.72. The van der Waals surface area contributed by atoms with Crippen LogP contribution >= 0.6 is 0 Å². The van der Waals surface area contributed by atoms with Gasteiger partial charge in [-0.3, -0.25) is 0 Å². The Bertz CT molecular complexity index is 952. The lowest BCUT2D eigenvalue weighted by atomic mass is 10.1. The first-order valence-corrected chi connectivity index (χ1v) is 7.36. The van der Waals surface area contributed by atoms with E-state index in [2.05, 4.69) is 35.5 Å². The van der Waals surface area contributed by atoms with Crippen LogP contribution in [0.5, 0.6) is 5.75 Å². The normalized spacial score (nSPS) is 12.6. The third-order valence-electron chi connectivity index (χ3n) is 3.57. The van der Waals surface area contributed by atoms with Crippen LogP contribution in [0.1, 0.15) is 30.8 Å². The minimum Gasteiger partial charge on any atom is -0.508 e. The zero-order valence-electron chi connectivity index (χ0n) is 13.9. The third kappa shape index (κ3) is 3.22. The number of phenols is 1. The maximum Gasteiger partial charge on any atom is 0.243 e. The van der Waals surface area contributed by atoms with E-state index in [-0.39, 0.29) is 17.4 Å². The van der Waals surface area contributed by atoms with Crippen LogP contribution in [0.15, 0.2) is 39.1 Å². The fraction of sp³-hybridized carbons (Fsp3) is 0.200. The minimum absolute atomic E-state index is 0.121. The van der Waals surface area contributed by atoms with E-state index in [1.807, 2.05) is 6.92 Å². The Labute approximate surface area is 142 Å². The van der Waals surface area contributed by atoms with Crippen molar-refractivity contribution in [3.8, 4) is 11.6 Å². The molecule has 3 rings (SSSR count). The summed E-state index contributed by atoms with van der Waals surface area (Å²) in [6.45, 7) is 5.41. The quantitative estimate of drug-likeness (QED) is 0.541. The van der Waals surface area contributed by atoms with Gasteiger partial charge < -0.3 is 10.8 Å². The standard InChI is InChI=1S/C15H16N8O2/c1-8(11-4-6-12(24)7-5-11)17-18-9(2)13-10(3)23(22-19-13)15-14(16)20-25-21-15/h4-7,24H,1-3H3,(H2,16,20)/b17-8-,18-9-. The number of hydrogen-bond acceptors (Lipinski definition) is 9. The Morgan fingerprint density at radius 1 is 1.12 bits per heavy atom. The minimum atomic E-state index is 0.121. The van der Waals surface area contributed by atoms with Crippen molar-refractivity contribution in [3.05, 3.63) is 41.2 Å². The van der Waals surface area contributed by atoms with Crippen LogP contribution in [0.2, 0.25) is 0 Å². The van der Waals surface area contributed by atoms with Crippen molar-refractivity contribution in [2.75, 3.05) is 5.73 Å². The molecule has 0 unspecified atom stereocenters. The Morgan fingerprint density at radius 3 is 2.44 bits per heavy atom. The third-order valence-corrected chi connectivity index (χ3v) is 3.57. The number of hydrogen-bond donors (Lipinski definition) is 2. The van der Waals surface area contributed by atoms with Crippen LogP contribution in [0.3, 0.4) is 0 Å². The molecular weight excluding hydrogens is 324 g/mol. The maximum atomic E-state index is 9.33. The lowest BCUT2D eigenvalue weighted by Gasteiger charge is -2.00. The van der Waals surface area contributed by atoms with Gasteiger partial charge in [-0.15, -0.1) is 5.10 Å². The number of phenolic OH excluding ortho intramolecular Hbond substituents is 1. The van der Waals surface area contributed by atoms with E-state index >= 15 is 0 Å². The Hall–Kier alpha value is -3.56. The van der Waals surface area contributed by atoms with E-state index < -0.39 is 0 Å². The van der Waals surface area contributed by atoms with Crippen molar-refractivity contribution in [2.45, 2.75) is 20.8 Å². The van der Waals surface area contributed by atoms with Crippen molar-refractivity contribution in [3.63, 3.8) is 0 Å². The summed E-state index contributed by atoms with van der Waals surface area (Å²) in [4.78, 5) is 0. The molecular formula is C15H16N8O2. The van der Waals surface area contributed by atoms with Crippen LogP contribution in [0, 0.1) is 6.92 Å². The monoisotopic (exact) mass is 340 g/mol. The fourth-order valence-electron chi connectivity index (χ4n) is 2.16. The topological polar surface area (TPSA) is 141 Å². The van der Waals surface area contributed by atoms with E-state index in [1.165, 1.54) is 4.68 Å². The molecule has 3 aromatic rings. The molecule has 0 aliphatic rings. The number of nitrogens with zero attached hydrogens (tertiary/aromatic N) is 7. The van der Waals surface area contributed by atoms with E-state index in [1.54, 1.807) is 38.1 Å². The molecule has 0 atom stereocenters. The molecule has 0 fully saturated rings. The highest BCUT2D eigenvalue weighted by atomic mass is 16.6. The van der Waals surface area contributed by atoms with E-state index in [0.29, 0.717) is 22.8 Å². The van der Waals surface area contributed by atoms with Crippen molar-refractivity contribution in [1.29, 1.82) is 0 Å². The predicted molar refractivity (Wildman–Crippen MR) is 90.9 cm³/mol. The average molecular weight is 340 g/mol. The second kappa shape index (κ2) is 6.51. The predicted octanol–water partition coefficient (Wildman–Crippen LogP) is 1.48. The first-order valence-electron chi connectivity index (χ1n) is 7.36. The van der Waals surface area contributed by atoms with Crippen LogP contribution < -0.4 is 5.73 Å². The Morgan fingerprint density at radius 2 is 1.80 bits per heavy atom. The fourth-order valence-corrected chi connectivity index (χ4v) is 2.16. The molecule has 0 radical (unpaired) electrons. The van der Waals surface area contributed by atoms with Crippen molar-refractivity contribution in [2.24, 2.45) is 10.2 Å². The SMILES string of the molecule is C/C(=N/N=C(/C)c1nnn(-c2nonc2N)c1C)c1ccc(O)cc1. The van der Waals surface area contributed by atoms with Crippen LogP contribution in [-0.2, 0) is 0 Å². The highest BCUT2D eigenvalue weighted by Crippen LogP contribution is 2.15. The number of rotatable bonds is 4. The zero-order chi connectivity index (χ0) is 18.0. The summed E-state index contributed by atoms with van der Waals surface area (Å²) in [7, 11) is 0. The zero-order valence-corrected chi connectivity index (χ0v) is 13.9. The Balaban J connectivity index is 1.88. The molecule has 25 heavy (non-hydrogen) atoms. The second-order valence-corrected chi connectivity index (χ2v) is 5.33. The summed E-state index contributed by atoms with van der Waals surface area (Å²) in [6.07, 6.45) is 0. The molecule has 10 heteroatoms. The molecule has 1 aromatic carbocycles. The molecule has 2 heterocycles. The summed E-state index contributed by atoms with van der Waals surface area (Å²) < 4.78 is 6.00. The van der Waals surface area contributed by atoms with Gasteiger partial charge in [0.1, 0.15) is 11.4 Å².